The van der Waals surface area contributed by atoms with Crippen LogP contribution in [0.25, 0.3) is 16.3 Å². The molecule has 0 spiro atoms. The average molecular weight is 300 g/mol. The average Bonchev–Trinajstić information content (AvgIpc) is 3.05. The number of guanidine groups is 1. The van der Waals surface area contributed by atoms with E-state index in [0.29, 0.717) is 11.7 Å². The summed E-state index contributed by atoms with van der Waals surface area (Å²) in [6, 6.07) is 6.19. The third-order valence-electron chi connectivity index (χ3n) is 3.35. The number of nitrogens with zero attached hydrogens (tertiary/aromatic N) is 2. The fourth-order valence-electron chi connectivity index (χ4n) is 1.99. The van der Waals surface area contributed by atoms with Crippen LogP contribution in [0.2, 0.25) is 0 Å². The zero-order valence-electron chi connectivity index (χ0n) is 11.9. The lowest BCUT2D eigenvalue weighted by atomic mass is 10.2. The van der Waals surface area contributed by atoms with Crippen molar-refractivity contribution < 1.29 is 4.79 Å². The van der Waals surface area contributed by atoms with Gasteiger partial charge < -0.3 is 5.32 Å². The third-order valence-corrected chi connectivity index (χ3v) is 4.14. The molecule has 2 N–H and O–H groups in total. The smallest absolute Gasteiger partial charge is 0.276 e. The van der Waals surface area contributed by atoms with Crippen LogP contribution in [0.1, 0.15) is 25.8 Å². The summed E-state index contributed by atoms with van der Waals surface area (Å²) in [5.74, 6) is 0.352. The number of hydrogen-bond donors (Lipinski definition) is 2. The molecule has 1 unspecified atom stereocenters. The van der Waals surface area contributed by atoms with Gasteiger partial charge >= 0.3 is 0 Å². The van der Waals surface area contributed by atoms with Gasteiger partial charge in [-0.05, 0) is 37.1 Å². The Morgan fingerprint density at radius 1 is 1.48 bits per heavy atom. The summed E-state index contributed by atoms with van der Waals surface area (Å²) >= 11 is 1.58. The second-order valence-corrected chi connectivity index (χ2v) is 5.86. The predicted octanol–water partition coefficient (Wildman–Crippen LogP) is 2.51. The first-order valence-electron chi connectivity index (χ1n) is 6.87. The van der Waals surface area contributed by atoms with E-state index in [1.165, 1.54) is 0 Å². The number of nitrogens with one attached hydrogen (secondary N) is 2. The molecule has 6 heteroatoms. The summed E-state index contributed by atoms with van der Waals surface area (Å²) in [4.78, 5) is 20.5. The molecule has 1 aromatic heterocycles. The molecule has 1 amide bonds. The number of rotatable bonds is 3. The first-order chi connectivity index (χ1) is 10.2. The van der Waals surface area contributed by atoms with Crippen LogP contribution >= 0.6 is 11.3 Å². The van der Waals surface area contributed by atoms with Crippen LogP contribution in [0.4, 0.5) is 0 Å². The number of amides is 1. The van der Waals surface area contributed by atoms with Crippen molar-refractivity contribution in [2.75, 3.05) is 0 Å². The monoisotopic (exact) mass is 300 g/mol. The predicted molar refractivity (Wildman–Crippen MR) is 86.1 cm³/mol. The van der Waals surface area contributed by atoms with Crippen molar-refractivity contribution in [2.45, 2.75) is 26.3 Å². The SMILES string of the molecule is CCC(C)NC1=N/C(=C\c2ccc3ncsc3c2)C(=O)N1. The van der Waals surface area contributed by atoms with Crippen molar-refractivity contribution in [1.82, 2.24) is 15.6 Å². The van der Waals surface area contributed by atoms with E-state index in [0.717, 1.165) is 22.2 Å². The summed E-state index contributed by atoms with van der Waals surface area (Å²) in [5.41, 5.74) is 4.16. The number of hydrogen-bond acceptors (Lipinski definition) is 5. The minimum absolute atomic E-state index is 0.176. The van der Waals surface area contributed by atoms with E-state index in [2.05, 4.69) is 27.5 Å². The van der Waals surface area contributed by atoms with Gasteiger partial charge in [0.25, 0.3) is 5.91 Å². The molecule has 5 nitrogen and oxygen atoms in total. The highest BCUT2D eigenvalue weighted by atomic mass is 32.1. The summed E-state index contributed by atoms with van der Waals surface area (Å²) in [6.45, 7) is 4.13. The van der Waals surface area contributed by atoms with Gasteiger partial charge in [0.05, 0.1) is 15.7 Å². The first kappa shape index (κ1) is 13.8. The number of aliphatic imine (C=N–C) groups is 1. The molecule has 108 valence electrons. The van der Waals surface area contributed by atoms with Crippen LogP contribution in [-0.4, -0.2) is 22.9 Å². The van der Waals surface area contributed by atoms with E-state index in [9.17, 15) is 4.79 Å². The molecular weight excluding hydrogens is 284 g/mol. The van der Waals surface area contributed by atoms with E-state index in [1.807, 2.05) is 30.6 Å². The van der Waals surface area contributed by atoms with Crippen molar-refractivity contribution in [3.8, 4) is 0 Å². The standard InChI is InChI=1S/C15H16N4OS/c1-3-9(2)17-15-18-12(14(20)19-15)6-10-4-5-11-13(7-10)21-8-16-11/h4-9H,3H2,1-2H3,(H2,17,18,19,20)/b12-6-. The lowest BCUT2D eigenvalue weighted by Gasteiger charge is -2.11. The minimum Gasteiger partial charge on any atom is -0.353 e. The van der Waals surface area contributed by atoms with Gasteiger partial charge in [0, 0.05) is 6.04 Å². The van der Waals surface area contributed by atoms with Crippen molar-refractivity contribution in [3.63, 3.8) is 0 Å². The van der Waals surface area contributed by atoms with Crippen molar-refractivity contribution in [3.05, 3.63) is 35.0 Å². The Balaban J connectivity index is 1.86. The molecule has 1 atom stereocenters. The van der Waals surface area contributed by atoms with Gasteiger partial charge in [-0.3, -0.25) is 10.1 Å². The fraction of sp³-hybridized carbons (Fsp3) is 0.267. The Morgan fingerprint density at radius 2 is 2.33 bits per heavy atom. The van der Waals surface area contributed by atoms with Crippen molar-refractivity contribution in [2.24, 2.45) is 4.99 Å². The van der Waals surface area contributed by atoms with Crippen molar-refractivity contribution >= 4 is 39.5 Å². The zero-order chi connectivity index (χ0) is 14.8. The van der Waals surface area contributed by atoms with Gasteiger partial charge in [-0.2, -0.15) is 0 Å². The van der Waals surface area contributed by atoms with Gasteiger partial charge in [0.1, 0.15) is 5.70 Å². The fourth-order valence-corrected chi connectivity index (χ4v) is 2.72. The first-order valence-corrected chi connectivity index (χ1v) is 7.75. The zero-order valence-corrected chi connectivity index (χ0v) is 12.7. The molecule has 3 rings (SSSR count). The number of thiazole rings is 1. The Hall–Kier alpha value is -2.21. The second kappa shape index (κ2) is 5.65. The van der Waals surface area contributed by atoms with E-state index in [1.54, 1.807) is 17.4 Å². The van der Waals surface area contributed by atoms with Gasteiger partial charge in [-0.15, -0.1) is 11.3 Å². The lowest BCUT2D eigenvalue weighted by molar-refractivity contribution is -0.115. The second-order valence-electron chi connectivity index (χ2n) is 4.98. The number of carbonyl (C=O) groups is 1. The lowest BCUT2D eigenvalue weighted by Crippen LogP contribution is -2.40. The highest BCUT2D eigenvalue weighted by Gasteiger charge is 2.20. The van der Waals surface area contributed by atoms with Crippen LogP contribution in [0, 0.1) is 0 Å². The Labute approximate surface area is 126 Å². The molecule has 0 radical (unpaired) electrons. The quantitative estimate of drug-likeness (QED) is 0.856. The highest BCUT2D eigenvalue weighted by Crippen LogP contribution is 2.21. The van der Waals surface area contributed by atoms with Gasteiger partial charge in [0.2, 0.25) is 5.96 Å². The number of benzene rings is 1. The van der Waals surface area contributed by atoms with Crippen LogP contribution in [0.3, 0.4) is 0 Å². The maximum atomic E-state index is 11.9. The molecular formula is C15H16N4OS. The molecule has 0 aliphatic carbocycles. The maximum Gasteiger partial charge on any atom is 0.276 e. The van der Waals surface area contributed by atoms with Crippen LogP contribution < -0.4 is 10.6 Å². The normalized spacial score (nSPS) is 17.9. The van der Waals surface area contributed by atoms with Crippen LogP contribution in [0.15, 0.2) is 34.4 Å². The molecule has 2 aromatic rings. The van der Waals surface area contributed by atoms with Gasteiger partial charge in [-0.1, -0.05) is 13.0 Å². The summed E-state index contributed by atoms with van der Waals surface area (Å²) < 4.78 is 1.10. The molecule has 21 heavy (non-hydrogen) atoms. The number of carbonyl (C=O) groups excluding carboxylic acids is 1. The molecule has 1 aliphatic heterocycles. The van der Waals surface area contributed by atoms with E-state index < -0.39 is 0 Å². The Morgan fingerprint density at radius 3 is 3.14 bits per heavy atom. The molecule has 2 heterocycles. The van der Waals surface area contributed by atoms with Crippen LogP contribution in [-0.2, 0) is 4.79 Å². The van der Waals surface area contributed by atoms with Gasteiger partial charge in [0.15, 0.2) is 0 Å². The molecule has 0 fully saturated rings. The summed E-state index contributed by atoms with van der Waals surface area (Å²) in [5, 5.41) is 5.91. The molecule has 0 bridgehead atoms. The third kappa shape index (κ3) is 2.95. The highest BCUT2D eigenvalue weighted by molar-refractivity contribution is 7.16. The Kier molecular flexibility index (Phi) is 3.70. The summed E-state index contributed by atoms with van der Waals surface area (Å²) in [7, 11) is 0. The summed E-state index contributed by atoms with van der Waals surface area (Å²) in [6.07, 6.45) is 2.76. The topological polar surface area (TPSA) is 66.4 Å². The maximum absolute atomic E-state index is 11.9. The molecule has 0 saturated heterocycles. The molecule has 1 aliphatic rings. The minimum atomic E-state index is -0.176. The molecule has 1 aromatic carbocycles. The number of fused-ring (bicyclic) bond motifs is 1. The van der Waals surface area contributed by atoms with Gasteiger partial charge in [-0.25, -0.2) is 9.98 Å². The van der Waals surface area contributed by atoms with Crippen molar-refractivity contribution in [1.29, 1.82) is 0 Å². The van der Waals surface area contributed by atoms with E-state index in [4.69, 9.17) is 0 Å². The number of aromatic nitrogens is 1. The largest absolute Gasteiger partial charge is 0.353 e. The van der Waals surface area contributed by atoms with Crippen LogP contribution in [0.5, 0.6) is 0 Å². The Bertz CT molecular complexity index is 747. The molecule has 0 saturated carbocycles. The van der Waals surface area contributed by atoms with E-state index in [-0.39, 0.29) is 11.9 Å². The van der Waals surface area contributed by atoms with E-state index >= 15 is 0 Å².